The predicted molar refractivity (Wildman–Crippen MR) is 59.8 cm³/mol. The highest BCUT2D eigenvalue weighted by Gasteiger charge is 1.98. The van der Waals surface area contributed by atoms with E-state index >= 15 is 0 Å². The van der Waals surface area contributed by atoms with Gasteiger partial charge in [-0.2, -0.15) is 4.73 Å². The summed E-state index contributed by atoms with van der Waals surface area (Å²) in [6.07, 6.45) is 5.93. The molecule has 0 atom stereocenters. The molecule has 0 unspecified atom stereocenters. The monoisotopic (exact) mass is 236 g/mol. The molecular weight excluding hydrogens is 228 g/mol. The first-order chi connectivity index (χ1) is 7.74. The van der Waals surface area contributed by atoms with Crippen molar-refractivity contribution in [3.8, 4) is 0 Å². The topological polar surface area (TPSA) is 64.8 Å². The van der Waals surface area contributed by atoms with Crippen LogP contribution in [-0.4, -0.2) is 9.97 Å². The van der Waals surface area contributed by atoms with Gasteiger partial charge in [-0.15, -0.1) is 0 Å². The van der Waals surface area contributed by atoms with Crippen LogP contribution >= 0.6 is 11.6 Å². The second-order valence-electron chi connectivity index (χ2n) is 3.14. The van der Waals surface area contributed by atoms with Crippen molar-refractivity contribution in [2.24, 2.45) is 0 Å². The highest BCUT2D eigenvalue weighted by atomic mass is 35.5. The van der Waals surface area contributed by atoms with Crippen molar-refractivity contribution in [3.63, 3.8) is 0 Å². The molecule has 0 radical (unpaired) electrons. The average molecular weight is 237 g/mol. The van der Waals surface area contributed by atoms with E-state index in [0.29, 0.717) is 17.5 Å². The Balaban J connectivity index is 1.97. The molecule has 0 aliphatic carbocycles. The minimum absolute atomic E-state index is 0.498. The third kappa shape index (κ3) is 2.80. The quantitative estimate of drug-likeness (QED) is 0.646. The van der Waals surface area contributed by atoms with E-state index in [1.54, 1.807) is 12.1 Å². The molecular formula is C10H9ClN4O. The lowest BCUT2D eigenvalue weighted by Gasteiger charge is -2.04. The van der Waals surface area contributed by atoms with Crippen molar-refractivity contribution in [1.29, 1.82) is 0 Å². The Kier molecular flexibility index (Phi) is 3.16. The Morgan fingerprint density at radius 3 is 2.50 bits per heavy atom. The molecule has 0 aromatic carbocycles. The number of pyridine rings is 1. The summed E-state index contributed by atoms with van der Waals surface area (Å²) >= 11 is 5.66. The minimum atomic E-state index is 0.498. The summed E-state index contributed by atoms with van der Waals surface area (Å²) in [6.45, 7) is 0.558. The maximum Gasteiger partial charge on any atom is 0.222 e. The fourth-order valence-electron chi connectivity index (χ4n) is 1.15. The van der Waals surface area contributed by atoms with E-state index in [1.807, 2.05) is 0 Å². The van der Waals surface area contributed by atoms with Crippen molar-refractivity contribution >= 4 is 17.5 Å². The van der Waals surface area contributed by atoms with Crippen molar-refractivity contribution in [2.75, 3.05) is 5.32 Å². The van der Waals surface area contributed by atoms with Gasteiger partial charge in [0.25, 0.3) is 0 Å². The predicted octanol–water partition coefficient (Wildman–Crippen LogP) is 1.38. The molecule has 2 aromatic heterocycles. The summed E-state index contributed by atoms with van der Waals surface area (Å²) in [5.41, 5.74) is 0.977. The lowest BCUT2D eigenvalue weighted by atomic mass is 10.3. The molecule has 1 N–H and O–H groups in total. The highest BCUT2D eigenvalue weighted by molar-refractivity contribution is 6.30. The fourth-order valence-corrected chi connectivity index (χ4v) is 1.24. The maximum atomic E-state index is 10.8. The number of nitrogens with zero attached hydrogens (tertiary/aromatic N) is 3. The molecule has 5 nitrogen and oxygen atoms in total. The standard InChI is InChI=1S/C10H9ClN4O/c11-9-6-13-10(14-7-9)12-5-8-1-3-15(16)4-2-8/h1-4,6-7H,5H2,(H,12,13,14). The fraction of sp³-hybridized carbons (Fsp3) is 0.100. The molecule has 0 saturated carbocycles. The molecule has 82 valence electrons. The van der Waals surface area contributed by atoms with Gasteiger partial charge in [0.1, 0.15) is 0 Å². The zero-order chi connectivity index (χ0) is 11.4. The SMILES string of the molecule is [O-][n+]1ccc(CNc2ncc(Cl)cn2)cc1. The number of rotatable bonds is 3. The summed E-state index contributed by atoms with van der Waals surface area (Å²) in [4.78, 5) is 7.98. The van der Waals surface area contributed by atoms with Crippen molar-refractivity contribution in [3.05, 3.63) is 52.7 Å². The highest BCUT2D eigenvalue weighted by Crippen LogP contribution is 2.06. The van der Waals surface area contributed by atoms with Gasteiger partial charge in [-0.3, -0.25) is 0 Å². The Bertz CT molecular complexity index is 412. The number of aromatic nitrogens is 3. The Morgan fingerprint density at radius 2 is 1.88 bits per heavy atom. The summed E-state index contributed by atoms with van der Waals surface area (Å²) in [6, 6.07) is 3.46. The minimum Gasteiger partial charge on any atom is -0.619 e. The number of hydrogen-bond donors (Lipinski definition) is 1. The van der Waals surface area contributed by atoms with Gasteiger partial charge in [0.15, 0.2) is 12.4 Å². The molecule has 2 rings (SSSR count). The average Bonchev–Trinajstić information content (AvgIpc) is 2.30. The molecule has 2 aromatic rings. The van der Waals surface area contributed by atoms with Crippen LogP contribution in [-0.2, 0) is 6.54 Å². The number of halogens is 1. The van der Waals surface area contributed by atoms with Crippen LogP contribution in [0, 0.1) is 5.21 Å². The number of hydrogen-bond acceptors (Lipinski definition) is 4. The molecule has 0 fully saturated rings. The van der Waals surface area contributed by atoms with Gasteiger partial charge >= 0.3 is 0 Å². The van der Waals surface area contributed by atoms with E-state index in [1.165, 1.54) is 24.8 Å². The summed E-state index contributed by atoms with van der Waals surface area (Å²) in [7, 11) is 0. The Morgan fingerprint density at radius 1 is 1.25 bits per heavy atom. The molecule has 2 heterocycles. The molecule has 6 heteroatoms. The van der Waals surface area contributed by atoms with Crippen LogP contribution in [0.2, 0.25) is 5.02 Å². The first-order valence-corrected chi connectivity index (χ1v) is 5.01. The van der Waals surface area contributed by atoms with Crippen LogP contribution in [0.3, 0.4) is 0 Å². The van der Waals surface area contributed by atoms with Gasteiger partial charge in [0, 0.05) is 18.7 Å². The zero-order valence-corrected chi connectivity index (χ0v) is 9.05. The van der Waals surface area contributed by atoms with E-state index in [4.69, 9.17) is 11.6 Å². The molecule has 0 spiro atoms. The zero-order valence-electron chi connectivity index (χ0n) is 8.30. The first kappa shape index (κ1) is 10.6. The first-order valence-electron chi connectivity index (χ1n) is 4.63. The van der Waals surface area contributed by atoms with Gasteiger partial charge in [-0.05, 0) is 5.56 Å². The van der Waals surface area contributed by atoms with Crippen LogP contribution in [0.5, 0.6) is 0 Å². The van der Waals surface area contributed by atoms with Crippen LogP contribution in [0.15, 0.2) is 36.9 Å². The van der Waals surface area contributed by atoms with Crippen molar-refractivity contribution < 1.29 is 4.73 Å². The van der Waals surface area contributed by atoms with Gasteiger partial charge in [-0.1, -0.05) is 11.6 Å². The van der Waals surface area contributed by atoms with Gasteiger partial charge < -0.3 is 10.5 Å². The molecule has 0 bridgehead atoms. The van der Waals surface area contributed by atoms with Gasteiger partial charge in [0.05, 0.1) is 17.4 Å². The molecule has 0 saturated heterocycles. The van der Waals surface area contributed by atoms with Gasteiger partial charge in [0.2, 0.25) is 5.95 Å². The molecule has 16 heavy (non-hydrogen) atoms. The van der Waals surface area contributed by atoms with Crippen LogP contribution in [0.4, 0.5) is 5.95 Å². The van der Waals surface area contributed by atoms with Crippen molar-refractivity contribution in [1.82, 2.24) is 9.97 Å². The maximum absolute atomic E-state index is 10.8. The van der Waals surface area contributed by atoms with E-state index in [0.717, 1.165) is 10.3 Å². The molecule has 0 amide bonds. The van der Waals surface area contributed by atoms with E-state index in [-0.39, 0.29) is 0 Å². The van der Waals surface area contributed by atoms with Crippen LogP contribution < -0.4 is 10.0 Å². The molecule has 0 aliphatic rings. The van der Waals surface area contributed by atoms with Crippen molar-refractivity contribution in [2.45, 2.75) is 6.54 Å². The van der Waals surface area contributed by atoms with Gasteiger partial charge in [-0.25, -0.2) is 9.97 Å². The van der Waals surface area contributed by atoms with Crippen LogP contribution in [0.25, 0.3) is 0 Å². The van der Waals surface area contributed by atoms with E-state index in [2.05, 4.69) is 15.3 Å². The number of nitrogens with one attached hydrogen (secondary N) is 1. The third-order valence-corrected chi connectivity index (χ3v) is 2.14. The lowest BCUT2D eigenvalue weighted by Crippen LogP contribution is -2.24. The Labute approximate surface area is 97.3 Å². The summed E-state index contributed by atoms with van der Waals surface area (Å²) < 4.78 is 0.738. The van der Waals surface area contributed by atoms with E-state index in [9.17, 15) is 5.21 Å². The lowest BCUT2D eigenvalue weighted by molar-refractivity contribution is -0.605. The second-order valence-corrected chi connectivity index (χ2v) is 3.58. The summed E-state index contributed by atoms with van der Waals surface area (Å²) in [5.74, 6) is 0.503. The van der Waals surface area contributed by atoms with E-state index < -0.39 is 0 Å². The second kappa shape index (κ2) is 4.76. The molecule has 0 aliphatic heterocycles. The van der Waals surface area contributed by atoms with Crippen LogP contribution in [0.1, 0.15) is 5.56 Å². The third-order valence-electron chi connectivity index (χ3n) is 1.94. The summed E-state index contributed by atoms with van der Waals surface area (Å²) in [5, 5.41) is 14.3. The largest absolute Gasteiger partial charge is 0.619 e. The normalized spacial score (nSPS) is 10.1. The smallest absolute Gasteiger partial charge is 0.222 e. The number of anilines is 1. The Hall–Kier alpha value is -1.88.